The van der Waals surface area contributed by atoms with Gasteiger partial charge in [-0.25, -0.2) is 0 Å². The minimum absolute atomic E-state index is 0.859. The zero-order chi connectivity index (χ0) is 12.5. The lowest BCUT2D eigenvalue weighted by molar-refractivity contribution is 0.936. The highest BCUT2D eigenvalue weighted by atomic mass is 14.9. The molecule has 0 radical (unpaired) electrons. The van der Waals surface area contributed by atoms with Gasteiger partial charge in [0, 0.05) is 17.8 Å². The molecule has 90 valence electrons. The van der Waals surface area contributed by atoms with Crippen molar-refractivity contribution in [1.29, 1.82) is 0 Å². The van der Waals surface area contributed by atoms with Gasteiger partial charge < -0.3 is 5.32 Å². The monoisotopic (exact) mass is 227 g/mol. The zero-order valence-electron chi connectivity index (χ0n) is 10.7. The van der Waals surface area contributed by atoms with E-state index >= 15 is 0 Å². The maximum absolute atomic E-state index is 4.06. The Labute approximate surface area is 105 Å². The number of allylic oxidation sites excluding steroid dienone is 4. The Morgan fingerprint density at radius 2 is 2.00 bits per heavy atom. The van der Waals surface area contributed by atoms with Gasteiger partial charge in [-0.05, 0) is 25.0 Å². The van der Waals surface area contributed by atoms with Gasteiger partial charge in [-0.2, -0.15) is 0 Å². The van der Waals surface area contributed by atoms with Gasteiger partial charge in [0.1, 0.15) is 0 Å². The molecule has 0 fully saturated rings. The largest absolute Gasteiger partial charge is 0.359 e. The summed E-state index contributed by atoms with van der Waals surface area (Å²) in [5.41, 5.74) is 3.40. The summed E-state index contributed by atoms with van der Waals surface area (Å²) in [6.07, 6.45) is 8.19. The van der Waals surface area contributed by atoms with Crippen molar-refractivity contribution in [3.63, 3.8) is 0 Å². The summed E-state index contributed by atoms with van der Waals surface area (Å²) in [6.45, 7) is 8.21. The fourth-order valence-corrected chi connectivity index (χ4v) is 1.55. The molecule has 1 heteroatoms. The van der Waals surface area contributed by atoms with Crippen LogP contribution in [0.15, 0.2) is 66.5 Å². The zero-order valence-corrected chi connectivity index (χ0v) is 10.7. The second-order valence-electron chi connectivity index (χ2n) is 3.95. The van der Waals surface area contributed by atoms with Crippen LogP contribution < -0.4 is 5.32 Å². The van der Waals surface area contributed by atoms with E-state index in [1.54, 1.807) is 0 Å². The van der Waals surface area contributed by atoms with Gasteiger partial charge in [-0.1, -0.05) is 56.0 Å². The minimum Gasteiger partial charge on any atom is -0.359 e. The summed E-state index contributed by atoms with van der Waals surface area (Å²) >= 11 is 0. The van der Waals surface area contributed by atoms with E-state index in [0.717, 1.165) is 24.2 Å². The van der Waals surface area contributed by atoms with Crippen LogP contribution in [0.4, 0.5) is 0 Å². The van der Waals surface area contributed by atoms with Crippen LogP contribution in [0.25, 0.3) is 0 Å². The van der Waals surface area contributed by atoms with Crippen LogP contribution in [0.3, 0.4) is 0 Å². The molecule has 0 aliphatic heterocycles. The van der Waals surface area contributed by atoms with Crippen LogP contribution in [0.1, 0.15) is 25.8 Å². The molecule has 0 saturated carbocycles. The van der Waals surface area contributed by atoms with Gasteiger partial charge in [0.05, 0.1) is 0 Å². The second-order valence-corrected chi connectivity index (χ2v) is 3.95. The molecule has 0 saturated heterocycles. The molecule has 1 rings (SSSR count). The summed E-state index contributed by atoms with van der Waals surface area (Å²) in [7, 11) is 0. The molecule has 0 amide bonds. The molecule has 0 unspecified atom stereocenters. The smallest absolute Gasteiger partial charge is 0.0335 e. The first-order valence-electron chi connectivity index (χ1n) is 6.07. The Kier molecular flexibility index (Phi) is 5.87. The van der Waals surface area contributed by atoms with Gasteiger partial charge in [-0.3, -0.25) is 0 Å². The molecule has 0 aliphatic carbocycles. The van der Waals surface area contributed by atoms with E-state index < -0.39 is 0 Å². The summed E-state index contributed by atoms with van der Waals surface area (Å²) in [5, 5.41) is 3.33. The maximum atomic E-state index is 4.06. The normalized spacial score (nSPS) is 11.8. The number of hydrogen-bond acceptors (Lipinski definition) is 1. The van der Waals surface area contributed by atoms with E-state index in [9.17, 15) is 0 Å². The maximum Gasteiger partial charge on any atom is 0.0335 e. The van der Waals surface area contributed by atoms with Crippen molar-refractivity contribution < 1.29 is 0 Å². The van der Waals surface area contributed by atoms with E-state index in [-0.39, 0.29) is 0 Å². The van der Waals surface area contributed by atoms with Crippen molar-refractivity contribution in [1.82, 2.24) is 5.32 Å². The Balaban J connectivity index is 2.52. The fraction of sp³-hybridized carbons (Fsp3) is 0.250. The summed E-state index contributed by atoms with van der Waals surface area (Å²) in [5.74, 6) is 0. The van der Waals surface area contributed by atoms with Crippen molar-refractivity contribution >= 4 is 0 Å². The SMILES string of the molecule is C=C(Cc1ccccc1)NC(/C=C\CC)=C/C. The Morgan fingerprint density at radius 1 is 1.29 bits per heavy atom. The van der Waals surface area contributed by atoms with Crippen LogP contribution in [-0.2, 0) is 6.42 Å². The van der Waals surface area contributed by atoms with E-state index in [2.05, 4.69) is 61.3 Å². The van der Waals surface area contributed by atoms with Gasteiger partial charge in [0.2, 0.25) is 0 Å². The predicted molar refractivity (Wildman–Crippen MR) is 75.6 cm³/mol. The molecule has 0 aliphatic rings. The van der Waals surface area contributed by atoms with Crippen molar-refractivity contribution in [2.24, 2.45) is 0 Å². The van der Waals surface area contributed by atoms with Gasteiger partial charge in [0.25, 0.3) is 0 Å². The molecule has 17 heavy (non-hydrogen) atoms. The van der Waals surface area contributed by atoms with Crippen LogP contribution in [0, 0.1) is 0 Å². The Morgan fingerprint density at radius 3 is 2.59 bits per heavy atom. The quantitative estimate of drug-likeness (QED) is 0.718. The van der Waals surface area contributed by atoms with Crippen LogP contribution in [0.5, 0.6) is 0 Å². The molecule has 0 atom stereocenters. The first kappa shape index (κ1) is 13.3. The Hall–Kier alpha value is -1.76. The molecule has 1 aromatic rings. The van der Waals surface area contributed by atoms with E-state index in [1.165, 1.54) is 5.56 Å². The standard InChI is InChI=1S/C16H21N/c1-4-6-12-16(5-2)17-14(3)13-15-10-8-7-9-11-15/h5-12,17H,3-4,13H2,1-2H3/b12-6-,16-5+. The van der Waals surface area contributed by atoms with Gasteiger partial charge >= 0.3 is 0 Å². The highest BCUT2D eigenvalue weighted by Gasteiger charge is 1.97. The number of nitrogens with one attached hydrogen (secondary N) is 1. The molecule has 0 spiro atoms. The van der Waals surface area contributed by atoms with Crippen molar-refractivity contribution in [2.75, 3.05) is 0 Å². The first-order valence-corrected chi connectivity index (χ1v) is 6.07. The van der Waals surface area contributed by atoms with Gasteiger partial charge in [0.15, 0.2) is 0 Å². The number of hydrogen-bond donors (Lipinski definition) is 1. The van der Waals surface area contributed by atoms with Crippen LogP contribution >= 0.6 is 0 Å². The number of rotatable bonds is 6. The fourth-order valence-electron chi connectivity index (χ4n) is 1.55. The average Bonchev–Trinajstić information content (AvgIpc) is 2.35. The van der Waals surface area contributed by atoms with E-state index in [1.807, 2.05) is 13.0 Å². The summed E-state index contributed by atoms with van der Waals surface area (Å²) < 4.78 is 0. The molecular weight excluding hydrogens is 206 g/mol. The lowest BCUT2D eigenvalue weighted by atomic mass is 10.1. The van der Waals surface area contributed by atoms with Gasteiger partial charge in [-0.15, -0.1) is 0 Å². The third-order valence-electron chi connectivity index (χ3n) is 2.43. The molecule has 1 nitrogen and oxygen atoms in total. The summed E-state index contributed by atoms with van der Waals surface area (Å²) in [4.78, 5) is 0. The molecular formula is C16H21N. The lowest BCUT2D eigenvalue weighted by Crippen LogP contribution is -2.12. The number of benzene rings is 1. The minimum atomic E-state index is 0.859. The first-order chi connectivity index (χ1) is 8.26. The van der Waals surface area contributed by atoms with Crippen LogP contribution in [-0.4, -0.2) is 0 Å². The molecule has 0 bridgehead atoms. The van der Waals surface area contributed by atoms with E-state index in [0.29, 0.717) is 0 Å². The third-order valence-corrected chi connectivity index (χ3v) is 2.43. The average molecular weight is 227 g/mol. The molecule has 0 aromatic heterocycles. The second kappa shape index (κ2) is 7.50. The molecule has 1 aromatic carbocycles. The summed E-state index contributed by atoms with van der Waals surface area (Å²) in [6, 6.07) is 10.4. The topological polar surface area (TPSA) is 12.0 Å². The highest BCUT2D eigenvalue weighted by molar-refractivity contribution is 5.25. The molecule has 0 heterocycles. The predicted octanol–water partition coefficient (Wildman–Crippen LogP) is 4.20. The van der Waals surface area contributed by atoms with Crippen molar-refractivity contribution in [2.45, 2.75) is 26.7 Å². The van der Waals surface area contributed by atoms with Crippen molar-refractivity contribution in [3.8, 4) is 0 Å². The highest BCUT2D eigenvalue weighted by Crippen LogP contribution is 2.06. The van der Waals surface area contributed by atoms with E-state index in [4.69, 9.17) is 0 Å². The third kappa shape index (κ3) is 5.21. The van der Waals surface area contributed by atoms with Crippen LogP contribution in [0.2, 0.25) is 0 Å². The Bertz CT molecular complexity index is 399. The molecule has 1 N–H and O–H groups in total. The lowest BCUT2D eigenvalue weighted by Gasteiger charge is -2.10. The van der Waals surface area contributed by atoms with Crippen molar-refractivity contribution in [3.05, 3.63) is 72.1 Å².